The first-order valence-electron chi connectivity index (χ1n) is 4.35. The van der Waals surface area contributed by atoms with Crippen LogP contribution >= 0.6 is 0 Å². The van der Waals surface area contributed by atoms with Gasteiger partial charge >= 0.3 is 0 Å². The van der Waals surface area contributed by atoms with Gasteiger partial charge in [-0.05, 0) is 18.6 Å². The molecular formula is C12H11NRu. The first-order valence-corrected chi connectivity index (χ1v) is 4.35. The molecule has 0 bridgehead atoms. The zero-order valence-corrected chi connectivity index (χ0v) is 9.66. The summed E-state index contributed by atoms with van der Waals surface area (Å²) < 4.78 is 0. The van der Waals surface area contributed by atoms with Gasteiger partial charge in [-0.25, -0.2) is 0 Å². The van der Waals surface area contributed by atoms with Gasteiger partial charge < -0.3 is 0 Å². The Hall–Kier alpha value is -1.01. The van der Waals surface area contributed by atoms with E-state index >= 15 is 0 Å². The number of hydrogen-bond donors (Lipinski definition) is 0. The second-order valence-corrected chi connectivity index (χ2v) is 3.03. The number of pyridine rings is 1. The maximum atomic E-state index is 4.35. The van der Waals surface area contributed by atoms with Crippen LogP contribution in [-0.2, 0) is 19.5 Å². The SMILES string of the molecule is Cc1cccnc1-c1ccccc1.[Ru]. The average Bonchev–Trinajstić information content (AvgIpc) is 2.20. The van der Waals surface area contributed by atoms with Crippen molar-refractivity contribution in [2.75, 3.05) is 0 Å². The van der Waals surface area contributed by atoms with Crippen LogP contribution < -0.4 is 0 Å². The van der Waals surface area contributed by atoms with E-state index < -0.39 is 0 Å². The van der Waals surface area contributed by atoms with Gasteiger partial charge in [0.1, 0.15) is 0 Å². The van der Waals surface area contributed by atoms with Crippen molar-refractivity contribution in [3.05, 3.63) is 54.2 Å². The fourth-order valence-corrected chi connectivity index (χ4v) is 1.38. The Morgan fingerprint density at radius 3 is 2.29 bits per heavy atom. The summed E-state index contributed by atoms with van der Waals surface area (Å²) in [7, 11) is 0. The van der Waals surface area contributed by atoms with E-state index in [9.17, 15) is 0 Å². The molecule has 1 heterocycles. The summed E-state index contributed by atoms with van der Waals surface area (Å²) >= 11 is 0. The van der Waals surface area contributed by atoms with Crippen molar-refractivity contribution in [3.63, 3.8) is 0 Å². The van der Waals surface area contributed by atoms with Crippen molar-refractivity contribution in [1.82, 2.24) is 4.98 Å². The molecule has 1 aromatic heterocycles. The molecule has 2 aromatic rings. The van der Waals surface area contributed by atoms with E-state index in [4.69, 9.17) is 0 Å². The van der Waals surface area contributed by atoms with Crippen LogP contribution in [-0.4, -0.2) is 4.98 Å². The Balaban J connectivity index is 0.000000980. The van der Waals surface area contributed by atoms with Gasteiger partial charge in [0.2, 0.25) is 0 Å². The normalized spacial score (nSPS) is 9.21. The Bertz CT molecular complexity index is 398. The van der Waals surface area contributed by atoms with E-state index in [1.165, 1.54) is 11.1 Å². The van der Waals surface area contributed by atoms with Crippen molar-refractivity contribution in [2.24, 2.45) is 0 Å². The fraction of sp³-hybridized carbons (Fsp3) is 0.0833. The van der Waals surface area contributed by atoms with Crippen LogP contribution in [0, 0.1) is 6.92 Å². The zero-order chi connectivity index (χ0) is 9.10. The molecule has 14 heavy (non-hydrogen) atoms. The molecule has 0 aliphatic heterocycles. The summed E-state index contributed by atoms with van der Waals surface area (Å²) in [5.41, 5.74) is 3.47. The van der Waals surface area contributed by atoms with E-state index in [0.717, 1.165) is 5.69 Å². The molecule has 0 fully saturated rings. The molecule has 0 aliphatic rings. The predicted molar refractivity (Wildman–Crippen MR) is 54.4 cm³/mol. The molecule has 2 rings (SSSR count). The molecule has 0 amide bonds. The molecule has 0 atom stereocenters. The third kappa shape index (κ3) is 2.27. The first kappa shape index (κ1) is 11.1. The monoisotopic (exact) mass is 271 g/mol. The number of hydrogen-bond acceptors (Lipinski definition) is 1. The minimum atomic E-state index is 0. The molecule has 0 unspecified atom stereocenters. The van der Waals surface area contributed by atoms with Crippen LogP contribution in [0.2, 0.25) is 0 Å². The summed E-state index contributed by atoms with van der Waals surface area (Å²) in [5, 5.41) is 0. The third-order valence-corrected chi connectivity index (χ3v) is 2.06. The van der Waals surface area contributed by atoms with Crippen molar-refractivity contribution >= 4 is 0 Å². The molecule has 0 saturated carbocycles. The number of nitrogens with zero attached hydrogens (tertiary/aromatic N) is 1. The number of rotatable bonds is 1. The van der Waals surface area contributed by atoms with E-state index in [1.54, 1.807) is 0 Å². The Kier molecular flexibility index (Phi) is 3.97. The molecule has 0 saturated heterocycles. The quantitative estimate of drug-likeness (QED) is 0.726. The zero-order valence-electron chi connectivity index (χ0n) is 7.92. The molecule has 0 N–H and O–H groups in total. The topological polar surface area (TPSA) is 12.9 Å². The molecule has 2 heteroatoms. The van der Waals surface area contributed by atoms with Crippen LogP contribution in [0.25, 0.3) is 11.3 Å². The molecule has 0 radical (unpaired) electrons. The van der Waals surface area contributed by atoms with Gasteiger partial charge in [0.25, 0.3) is 0 Å². The van der Waals surface area contributed by atoms with Gasteiger partial charge in [0, 0.05) is 31.2 Å². The molecule has 1 aromatic carbocycles. The smallest absolute Gasteiger partial charge is 0.0731 e. The van der Waals surface area contributed by atoms with E-state index in [0.29, 0.717) is 0 Å². The minimum absolute atomic E-state index is 0. The summed E-state index contributed by atoms with van der Waals surface area (Å²) in [4.78, 5) is 4.35. The molecule has 1 nitrogen and oxygen atoms in total. The fourth-order valence-electron chi connectivity index (χ4n) is 1.38. The Morgan fingerprint density at radius 1 is 0.929 bits per heavy atom. The van der Waals surface area contributed by atoms with Crippen LogP contribution in [0.1, 0.15) is 5.56 Å². The number of aryl methyl sites for hydroxylation is 1. The maximum absolute atomic E-state index is 4.35. The van der Waals surface area contributed by atoms with E-state index in [1.807, 2.05) is 30.5 Å². The van der Waals surface area contributed by atoms with Crippen LogP contribution in [0.15, 0.2) is 48.7 Å². The Labute approximate surface area is 97.0 Å². The van der Waals surface area contributed by atoms with Crippen molar-refractivity contribution < 1.29 is 19.5 Å². The molecule has 0 spiro atoms. The second-order valence-electron chi connectivity index (χ2n) is 3.03. The summed E-state index contributed by atoms with van der Waals surface area (Å²) in [6.45, 7) is 2.08. The van der Waals surface area contributed by atoms with Crippen molar-refractivity contribution in [1.29, 1.82) is 0 Å². The summed E-state index contributed by atoms with van der Waals surface area (Å²) in [5.74, 6) is 0. The predicted octanol–water partition coefficient (Wildman–Crippen LogP) is 3.05. The van der Waals surface area contributed by atoms with E-state index in [2.05, 4.69) is 30.1 Å². The van der Waals surface area contributed by atoms with Crippen LogP contribution in [0.4, 0.5) is 0 Å². The molecular weight excluding hydrogens is 259 g/mol. The van der Waals surface area contributed by atoms with Crippen molar-refractivity contribution in [2.45, 2.75) is 6.92 Å². The van der Waals surface area contributed by atoms with Crippen LogP contribution in [0.5, 0.6) is 0 Å². The van der Waals surface area contributed by atoms with Gasteiger partial charge in [0.05, 0.1) is 5.69 Å². The van der Waals surface area contributed by atoms with Gasteiger partial charge in [-0.1, -0.05) is 36.4 Å². The largest absolute Gasteiger partial charge is 0.256 e. The first-order chi connectivity index (χ1) is 6.38. The summed E-state index contributed by atoms with van der Waals surface area (Å²) in [6, 6.07) is 14.3. The molecule has 0 aliphatic carbocycles. The average molecular weight is 270 g/mol. The van der Waals surface area contributed by atoms with Gasteiger partial charge in [-0.3, -0.25) is 4.98 Å². The van der Waals surface area contributed by atoms with Gasteiger partial charge in [0.15, 0.2) is 0 Å². The maximum Gasteiger partial charge on any atom is 0.0731 e. The third-order valence-electron chi connectivity index (χ3n) is 2.06. The van der Waals surface area contributed by atoms with Crippen molar-refractivity contribution in [3.8, 4) is 11.3 Å². The van der Waals surface area contributed by atoms with E-state index in [-0.39, 0.29) is 19.5 Å². The standard InChI is InChI=1S/C12H11N.Ru/c1-10-6-5-9-13-12(10)11-7-3-2-4-8-11;/h2-9H,1H3;. The number of benzene rings is 1. The number of aromatic nitrogens is 1. The second kappa shape index (κ2) is 5.02. The minimum Gasteiger partial charge on any atom is -0.256 e. The Morgan fingerprint density at radius 2 is 1.64 bits per heavy atom. The summed E-state index contributed by atoms with van der Waals surface area (Å²) in [6.07, 6.45) is 1.83. The molecule has 72 valence electrons. The van der Waals surface area contributed by atoms with Gasteiger partial charge in [-0.2, -0.15) is 0 Å². The van der Waals surface area contributed by atoms with Gasteiger partial charge in [-0.15, -0.1) is 0 Å². The van der Waals surface area contributed by atoms with Crippen LogP contribution in [0.3, 0.4) is 0 Å².